The van der Waals surface area contributed by atoms with Crippen molar-refractivity contribution in [1.82, 2.24) is 5.01 Å². The molecule has 1 aliphatic carbocycles. The first-order valence-electron chi connectivity index (χ1n) is 4.57. The van der Waals surface area contributed by atoms with Gasteiger partial charge in [0.05, 0.1) is 12.0 Å². The van der Waals surface area contributed by atoms with Gasteiger partial charge in [0, 0.05) is 11.6 Å². The number of hydrazone groups is 1. The molecule has 2 atom stereocenters. The molecule has 0 fully saturated rings. The Bertz CT molecular complexity index is 375. The first kappa shape index (κ1) is 9.29. The maximum atomic E-state index is 8.90. The van der Waals surface area contributed by atoms with Gasteiger partial charge in [-0.3, -0.25) is 5.01 Å². The highest BCUT2D eigenvalue weighted by atomic mass is 35.5. The van der Waals surface area contributed by atoms with Gasteiger partial charge in [0.25, 0.3) is 0 Å². The molecule has 0 saturated carbocycles. The predicted octanol–water partition coefficient (Wildman–Crippen LogP) is 1.88. The smallest absolute Gasteiger partial charge is 0.147 e. The lowest BCUT2D eigenvalue weighted by atomic mass is 9.92. The van der Waals surface area contributed by atoms with Crippen molar-refractivity contribution in [2.24, 2.45) is 11.0 Å². The zero-order valence-electron chi connectivity index (χ0n) is 7.81. The van der Waals surface area contributed by atoms with E-state index in [0.717, 1.165) is 6.54 Å². The van der Waals surface area contributed by atoms with Crippen LogP contribution in [0.15, 0.2) is 28.4 Å². The SMILES string of the molecule is CCN1N=C(C#N)C2C=C(Cl)C=CC21. The van der Waals surface area contributed by atoms with Gasteiger partial charge in [-0.05, 0) is 13.0 Å². The van der Waals surface area contributed by atoms with Gasteiger partial charge in [0.2, 0.25) is 0 Å². The van der Waals surface area contributed by atoms with Gasteiger partial charge in [-0.25, -0.2) is 0 Å². The second-order valence-electron chi connectivity index (χ2n) is 3.28. The van der Waals surface area contributed by atoms with E-state index in [1.54, 1.807) is 0 Å². The van der Waals surface area contributed by atoms with Crippen molar-refractivity contribution < 1.29 is 0 Å². The summed E-state index contributed by atoms with van der Waals surface area (Å²) >= 11 is 5.89. The molecule has 1 heterocycles. The average Bonchev–Trinajstić information content (AvgIpc) is 2.55. The number of fused-ring (bicyclic) bond motifs is 1. The predicted molar refractivity (Wildman–Crippen MR) is 55.8 cm³/mol. The van der Waals surface area contributed by atoms with Crippen molar-refractivity contribution in [3.8, 4) is 6.07 Å². The average molecular weight is 208 g/mol. The molecule has 0 radical (unpaired) electrons. The van der Waals surface area contributed by atoms with E-state index in [-0.39, 0.29) is 12.0 Å². The van der Waals surface area contributed by atoms with E-state index in [1.165, 1.54) is 0 Å². The summed E-state index contributed by atoms with van der Waals surface area (Å²) in [6.45, 7) is 2.83. The third-order valence-corrected chi connectivity index (χ3v) is 2.75. The maximum Gasteiger partial charge on any atom is 0.147 e. The van der Waals surface area contributed by atoms with Crippen molar-refractivity contribution in [2.75, 3.05) is 6.54 Å². The molecule has 4 heteroatoms. The summed E-state index contributed by atoms with van der Waals surface area (Å²) in [6.07, 6.45) is 5.76. The summed E-state index contributed by atoms with van der Waals surface area (Å²) < 4.78 is 0. The Labute approximate surface area is 88.0 Å². The molecule has 0 N–H and O–H groups in total. The van der Waals surface area contributed by atoms with Crippen LogP contribution in [0.2, 0.25) is 0 Å². The van der Waals surface area contributed by atoms with E-state index in [9.17, 15) is 0 Å². The number of nitrogens with zero attached hydrogens (tertiary/aromatic N) is 3. The molecule has 14 heavy (non-hydrogen) atoms. The Morgan fingerprint density at radius 3 is 3.14 bits per heavy atom. The second kappa shape index (κ2) is 3.47. The van der Waals surface area contributed by atoms with Crippen LogP contribution in [0.3, 0.4) is 0 Å². The van der Waals surface area contributed by atoms with E-state index in [4.69, 9.17) is 16.9 Å². The number of nitriles is 1. The summed E-state index contributed by atoms with van der Waals surface area (Å²) in [7, 11) is 0. The molecule has 0 spiro atoms. The first-order chi connectivity index (χ1) is 6.76. The molecule has 1 aliphatic heterocycles. The van der Waals surface area contributed by atoms with E-state index in [2.05, 4.69) is 11.2 Å². The third-order valence-electron chi connectivity index (χ3n) is 2.49. The van der Waals surface area contributed by atoms with Crippen LogP contribution in [-0.4, -0.2) is 23.3 Å². The van der Waals surface area contributed by atoms with Crippen LogP contribution in [0.4, 0.5) is 0 Å². The van der Waals surface area contributed by atoms with Crippen LogP contribution < -0.4 is 0 Å². The number of allylic oxidation sites excluding steroid dienone is 2. The fraction of sp³-hybridized carbons (Fsp3) is 0.400. The van der Waals surface area contributed by atoms with Gasteiger partial charge >= 0.3 is 0 Å². The second-order valence-corrected chi connectivity index (χ2v) is 3.72. The van der Waals surface area contributed by atoms with Gasteiger partial charge in [0.1, 0.15) is 11.8 Å². The van der Waals surface area contributed by atoms with E-state index >= 15 is 0 Å². The number of hydrogen-bond acceptors (Lipinski definition) is 3. The molecular weight excluding hydrogens is 198 g/mol. The van der Waals surface area contributed by atoms with Crippen LogP contribution in [0.1, 0.15) is 6.92 Å². The standard InChI is InChI=1S/C10H10ClN3/c1-2-14-10-4-3-7(11)5-8(10)9(6-12)13-14/h3-5,8,10H,2H2,1H3. The minimum absolute atomic E-state index is 0.0393. The van der Waals surface area contributed by atoms with Gasteiger partial charge in [-0.1, -0.05) is 23.8 Å². The summed E-state index contributed by atoms with van der Waals surface area (Å²) in [5.74, 6) is 0.0393. The molecule has 0 amide bonds. The molecular formula is C10H10ClN3. The summed E-state index contributed by atoms with van der Waals surface area (Å²) in [5.41, 5.74) is 0.555. The van der Waals surface area contributed by atoms with Crippen molar-refractivity contribution in [3.63, 3.8) is 0 Å². The Balaban J connectivity index is 2.33. The van der Waals surface area contributed by atoms with Crippen molar-refractivity contribution >= 4 is 17.3 Å². The minimum atomic E-state index is 0.0393. The Morgan fingerprint density at radius 2 is 2.50 bits per heavy atom. The zero-order chi connectivity index (χ0) is 10.1. The maximum absolute atomic E-state index is 8.90. The van der Waals surface area contributed by atoms with E-state index < -0.39 is 0 Å². The number of hydrogen-bond donors (Lipinski definition) is 0. The lowest BCUT2D eigenvalue weighted by Gasteiger charge is -2.24. The van der Waals surface area contributed by atoms with Crippen molar-refractivity contribution in [1.29, 1.82) is 5.26 Å². The molecule has 2 unspecified atom stereocenters. The molecule has 0 bridgehead atoms. The van der Waals surface area contributed by atoms with Crippen LogP contribution in [0.5, 0.6) is 0 Å². The molecule has 2 rings (SSSR count). The number of rotatable bonds is 1. The van der Waals surface area contributed by atoms with Crippen LogP contribution >= 0.6 is 11.6 Å². The minimum Gasteiger partial charge on any atom is -0.288 e. The number of likely N-dealkylation sites (N-methyl/N-ethyl adjacent to an activating group) is 1. The summed E-state index contributed by atoms with van der Waals surface area (Å²) in [4.78, 5) is 0. The molecule has 2 aliphatic rings. The molecule has 0 aromatic heterocycles. The summed E-state index contributed by atoms with van der Waals surface area (Å²) in [5, 5.41) is 15.7. The highest BCUT2D eigenvalue weighted by Crippen LogP contribution is 2.29. The van der Waals surface area contributed by atoms with Gasteiger partial charge in [-0.15, -0.1) is 0 Å². The fourth-order valence-electron chi connectivity index (χ4n) is 1.81. The van der Waals surface area contributed by atoms with Crippen LogP contribution in [0.25, 0.3) is 0 Å². The normalized spacial score (nSPS) is 29.4. The molecule has 0 saturated heterocycles. The van der Waals surface area contributed by atoms with Crippen LogP contribution in [0, 0.1) is 17.2 Å². The van der Waals surface area contributed by atoms with E-state index in [0.29, 0.717) is 10.7 Å². The van der Waals surface area contributed by atoms with Crippen LogP contribution in [-0.2, 0) is 0 Å². The monoisotopic (exact) mass is 207 g/mol. The van der Waals surface area contributed by atoms with Gasteiger partial charge in [0.15, 0.2) is 0 Å². The quantitative estimate of drug-likeness (QED) is 0.659. The number of halogens is 1. The molecule has 3 nitrogen and oxygen atoms in total. The van der Waals surface area contributed by atoms with Crippen molar-refractivity contribution in [2.45, 2.75) is 13.0 Å². The Kier molecular flexibility index (Phi) is 2.30. The van der Waals surface area contributed by atoms with Gasteiger partial charge < -0.3 is 0 Å². The largest absolute Gasteiger partial charge is 0.288 e. The highest BCUT2D eigenvalue weighted by Gasteiger charge is 2.35. The first-order valence-corrected chi connectivity index (χ1v) is 4.95. The zero-order valence-corrected chi connectivity index (χ0v) is 8.57. The lowest BCUT2D eigenvalue weighted by molar-refractivity contribution is 0.263. The Morgan fingerprint density at radius 1 is 1.71 bits per heavy atom. The summed E-state index contributed by atoms with van der Waals surface area (Å²) in [6, 6.07) is 2.30. The molecule has 0 aromatic rings. The fourth-order valence-corrected chi connectivity index (χ4v) is 2.02. The van der Waals surface area contributed by atoms with Gasteiger partial charge in [-0.2, -0.15) is 10.4 Å². The molecule has 0 aromatic carbocycles. The topological polar surface area (TPSA) is 39.4 Å². The highest BCUT2D eigenvalue weighted by molar-refractivity contribution is 6.31. The van der Waals surface area contributed by atoms with E-state index in [1.807, 2.05) is 30.2 Å². The van der Waals surface area contributed by atoms with Crippen molar-refractivity contribution in [3.05, 3.63) is 23.3 Å². The lowest BCUT2D eigenvalue weighted by Crippen LogP contribution is -2.31. The Hall–Kier alpha value is -1.27. The third kappa shape index (κ3) is 1.32. The molecule has 72 valence electrons.